The second kappa shape index (κ2) is 8.52. The Balaban J connectivity index is 1.59. The molecule has 0 aliphatic carbocycles. The van der Waals surface area contributed by atoms with Crippen LogP contribution in [-0.2, 0) is 19.1 Å². The van der Waals surface area contributed by atoms with Crippen molar-refractivity contribution >= 4 is 23.4 Å². The summed E-state index contributed by atoms with van der Waals surface area (Å²) >= 11 is 0. The summed E-state index contributed by atoms with van der Waals surface area (Å²) in [6.45, 7) is 4.03. The average Bonchev–Trinajstić information content (AvgIpc) is 2.70. The monoisotopic (exact) mass is 373 g/mol. The Morgan fingerprint density at radius 3 is 2.37 bits per heavy atom. The third-order valence-corrected chi connectivity index (χ3v) is 5.47. The molecule has 2 aliphatic heterocycles. The molecule has 0 radical (unpaired) electrons. The van der Waals surface area contributed by atoms with E-state index in [1.165, 1.54) is 7.11 Å². The molecule has 0 N–H and O–H groups in total. The van der Waals surface area contributed by atoms with Crippen molar-refractivity contribution in [3.63, 3.8) is 0 Å². The van der Waals surface area contributed by atoms with E-state index >= 15 is 0 Å². The molecular weight excluding hydrogens is 346 g/mol. The van der Waals surface area contributed by atoms with Crippen LogP contribution in [0.1, 0.15) is 19.8 Å². The van der Waals surface area contributed by atoms with Crippen molar-refractivity contribution in [3.05, 3.63) is 30.3 Å². The molecule has 2 aliphatic rings. The minimum Gasteiger partial charge on any atom is -0.375 e. The van der Waals surface area contributed by atoms with Crippen LogP contribution < -0.4 is 4.90 Å². The maximum atomic E-state index is 13.0. The number of para-hydroxylation sites is 1. The Hall–Kier alpha value is -2.41. The van der Waals surface area contributed by atoms with Gasteiger partial charge in [-0.1, -0.05) is 18.2 Å². The van der Waals surface area contributed by atoms with Gasteiger partial charge in [0.2, 0.25) is 17.7 Å². The van der Waals surface area contributed by atoms with Crippen LogP contribution >= 0.6 is 0 Å². The number of carbonyl (C=O) groups excluding carboxylic acids is 3. The van der Waals surface area contributed by atoms with E-state index < -0.39 is 6.04 Å². The third kappa shape index (κ3) is 4.13. The van der Waals surface area contributed by atoms with Gasteiger partial charge in [-0.2, -0.15) is 0 Å². The first-order valence-corrected chi connectivity index (χ1v) is 9.46. The number of piperidine rings is 1. The van der Waals surface area contributed by atoms with Crippen LogP contribution in [0.5, 0.6) is 0 Å². The molecule has 3 amide bonds. The number of rotatable bonds is 4. The lowest BCUT2D eigenvalue weighted by Crippen LogP contribution is -2.59. The topological polar surface area (TPSA) is 70.2 Å². The lowest BCUT2D eigenvalue weighted by Gasteiger charge is -2.41. The van der Waals surface area contributed by atoms with E-state index in [0.717, 1.165) is 5.69 Å². The van der Waals surface area contributed by atoms with E-state index in [0.29, 0.717) is 39.0 Å². The van der Waals surface area contributed by atoms with Crippen LogP contribution in [0.4, 0.5) is 5.69 Å². The van der Waals surface area contributed by atoms with E-state index in [-0.39, 0.29) is 30.2 Å². The Morgan fingerprint density at radius 1 is 1.07 bits per heavy atom. The van der Waals surface area contributed by atoms with Gasteiger partial charge in [0.1, 0.15) is 12.6 Å². The Labute approximate surface area is 159 Å². The number of ether oxygens (including phenoxy) is 1. The van der Waals surface area contributed by atoms with Crippen molar-refractivity contribution in [3.8, 4) is 0 Å². The summed E-state index contributed by atoms with van der Waals surface area (Å²) in [5.41, 5.74) is 0.867. The zero-order valence-electron chi connectivity index (χ0n) is 16.0. The fraction of sp³-hybridized carbons (Fsp3) is 0.550. The second-order valence-corrected chi connectivity index (χ2v) is 7.12. The average molecular weight is 373 g/mol. The van der Waals surface area contributed by atoms with E-state index in [2.05, 4.69) is 0 Å². The first-order valence-electron chi connectivity index (χ1n) is 9.46. The minimum absolute atomic E-state index is 0.0300. The van der Waals surface area contributed by atoms with Gasteiger partial charge in [0, 0.05) is 44.9 Å². The normalized spacial score (nSPS) is 21.5. The molecule has 2 fully saturated rings. The van der Waals surface area contributed by atoms with Gasteiger partial charge in [-0.3, -0.25) is 14.4 Å². The molecule has 7 nitrogen and oxygen atoms in total. The summed E-state index contributed by atoms with van der Waals surface area (Å²) < 4.78 is 4.89. The Bertz CT molecular complexity index is 686. The van der Waals surface area contributed by atoms with Gasteiger partial charge in [-0.15, -0.1) is 0 Å². The minimum atomic E-state index is -0.473. The summed E-state index contributed by atoms with van der Waals surface area (Å²) in [7, 11) is 1.50. The molecule has 0 unspecified atom stereocenters. The molecule has 1 aromatic carbocycles. The van der Waals surface area contributed by atoms with Crippen molar-refractivity contribution in [1.82, 2.24) is 9.80 Å². The van der Waals surface area contributed by atoms with Gasteiger partial charge in [0.05, 0.1) is 0 Å². The number of anilines is 1. The number of nitrogens with zero attached hydrogens (tertiary/aromatic N) is 3. The largest absolute Gasteiger partial charge is 0.375 e. The predicted octanol–water partition coefficient (Wildman–Crippen LogP) is 1.14. The van der Waals surface area contributed by atoms with Gasteiger partial charge in [0.15, 0.2) is 0 Å². The van der Waals surface area contributed by atoms with Crippen LogP contribution in [0.3, 0.4) is 0 Å². The van der Waals surface area contributed by atoms with Crippen molar-refractivity contribution in [2.45, 2.75) is 25.8 Å². The van der Waals surface area contributed by atoms with Crippen molar-refractivity contribution in [2.24, 2.45) is 5.92 Å². The third-order valence-electron chi connectivity index (χ3n) is 5.47. The first kappa shape index (κ1) is 19.4. The highest BCUT2D eigenvalue weighted by Gasteiger charge is 2.38. The van der Waals surface area contributed by atoms with Gasteiger partial charge in [0.25, 0.3) is 0 Å². The number of amides is 3. The molecule has 27 heavy (non-hydrogen) atoms. The lowest BCUT2D eigenvalue weighted by molar-refractivity contribution is -0.147. The zero-order chi connectivity index (χ0) is 19.4. The van der Waals surface area contributed by atoms with Crippen molar-refractivity contribution in [2.75, 3.05) is 44.8 Å². The van der Waals surface area contributed by atoms with E-state index in [1.54, 1.807) is 21.6 Å². The Kier molecular flexibility index (Phi) is 6.11. The molecule has 0 aromatic heterocycles. The fourth-order valence-corrected chi connectivity index (χ4v) is 3.86. The van der Waals surface area contributed by atoms with E-state index in [4.69, 9.17) is 4.74 Å². The maximum Gasteiger partial charge on any atom is 0.249 e. The van der Waals surface area contributed by atoms with Crippen LogP contribution in [-0.4, -0.2) is 73.5 Å². The fourth-order valence-electron chi connectivity index (χ4n) is 3.86. The van der Waals surface area contributed by atoms with Gasteiger partial charge < -0.3 is 19.4 Å². The molecule has 2 heterocycles. The highest BCUT2D eigenvalue weighted by atomic mass is 16.5. The molecule has 146 valence electrons. The quantitative estimate of drug-likeness (QED) is 0.794. The number of methoxy groups -OCH3 is 1. The summed E-state index contributed by atoms with van der Waals surface area (Å²) in [4.78, 5) is 42.9. The van der Waals surface area contributed by atoms with Crippen LogP contribution in [0, 0.1) is 5.92 Å². The standard InChI is InChI=1S/C20H27N3O4/c1-15-19(25)23(17-6-4-3-5-7-17)13-12-22(15)20(26)16-8-10-21(11-9-16)18(24)14-27-2/h3-7,15-16H,8-14H2,1-2H3/t15-/m0/s1. The number of carbonyl (C=O) groups is 3. The van der Waals surface area contributed by atoms with Crippen LogP contribution in [0.2, 0.25) is 0 Å². The van der Waals surface area contributed by atoms with Crippen molar-refractivity contribution in [1.29, 1.82) is 0 Å². The summed E-state index contributed by atoms with van der Waals surface area (Å²) in [5.74, 6) is -0.186. The molecular formula is C20H27N3O4. The molecule has 7 heteroatoms. The second-order valence-electron chi connectivity index (χ2n) is 7.12. The zero-order valence-corrected chi connectivity index (χ0v) is 16.0. The highest BCUT2D eigenvalue weighted by Crippen LogP contribution is 2.25. The number of piperazine rings is 1. The van der Waals surface area contributed by atoms with Crippen LogP contribution in [0.15, 0.2) is 30.3 Å². The maximum absolute atomic E-state index is 13.0. The highest BCUT2D eigenvalue weighted by molar-refractivity contribution is 6.00. The summed E-state index contributed by atoms with van der Waals surface area (Å²) in [5, 5.41) is 0. The number of hydrogen-bond acceptors (Lipinski definition) is 4. The molecule has 1 aromatic rings. The number of benzene rings is 1. The molecule has 0 spiro atoms. The van der Waals surface area contributed by atoms with Gasteiger partial charge in [-0.05, 0) is 31.9 Å². The van der Waals surface area contributed by atoms with Gasteiger partial charge >= 0.3 is 0 Å². The molecule has 2 saturated heterocycles. The lowest BCUT2D eigenvalue weighted by atomic mass is 9.94. The Morgan fingerprint density at radius 2 is 1.74 bits per heavy atom. The summed E-state index contributed by atoms with van der Waals surface area (Å²) in [6.07, 6.45) is 1.27. The van der Waals surface area contributed by atoms with Crippen molar-refractivity contribution < 1.29 is 19.1 Å². The van der Waals surface area contributed by atoms with Gasteiger partial charge in [-0.25, -0.2) is 0 Å². The first-order chi connectivity index (χ1) is 13.0. The predicted molar refractivity (Wildman–Crippen MR) is 101 cm³/mol. The summed E-state index contributed by atoms with van der Waals surface area (Å²) in [6, 6.07) is 9.08. The molecule has 0 bridgehead atoms. The molecule has 0 saturated carbocycles. The number of hydrogen-bond donors (Lipinski definition) is 0. The SMILES string of the molecule is COCC(=O)N1CCC(C(=O)N2CCN(c3ccccc3)C(=O)[C@@H]2C)CC1. The number of likely N-dealkylation sites (tertiary alicyclic amines) is 1. The van der Waals surface area contributed by atoms with E-state index in [9.17, 15) is 14.4 Å². The smallest absolute Gasteiger partial charge is 0.249 e. The molecule has 1 atom stereocenters. The van der Waals surface area contributed by atoms with Crippen LogP contribution in [0.25, 0.3) is 0 Å². The molecule has 3 rings (SSSR count). The van der Waals surface area contributed by atoms with E-state index in [1.807, 2.05) is 30.3 Å².